The van der Waals surface area contributed by atoms with Crippen LogP contribution in [0.4, 0.5) is 19.1 Å². The predicted octanol–water partition coefficient (Wildman–Crippen LogP) is 2.23. The van der Waals surface area contributed by atoms with Crippen molar-refractivity contribution in [2.24, 2.45) is 18.9 Å². The molecule has 2 aliphatic heterocycles. The van der Waals surface area contributed by atoms with E-state index in [1.54, 1.807) is 7.05 Å². The minimum Gasteiger partial charge on any atom is -0.338 e. The van der Waals surface area contributed by atoms with Crippen LogP contribution in [0.1, 0.15) is 44.9 Å². The number of nitrogens with one attached hydrogen (secondary N) is 1. The van der Waals surface area contributed by atoms with Crippen molar-refractivity contribution in [1.29, 1.82) is 0 Å². The Morgan fingerprint density at radius 3 is 2.55 bits per heavy atom. The van der Waals surface area contributed by atoms with Gasteiger partial charge in [-0.2, -0.15) is 18.2 Å². The molecule has 182 valence electrons. The van der Waals surface area contributed by atoms with E-state index in [9.17, 15) is 22.8 Å². The van der Waals surface area contributed by atoms with E-state index in [1.807, 2.05) is 4.90 Å². The zero-order chi connectivity index (χ0) is 23.3. The zero-order valence-corrected chi connectivity index (χ0v) is 18.9. The second-order valence-electron chi connectivity index (χ2n) is 9.83. The predicted molar refractivity (Wildman–Crippen MR) is 119 cm³/mol. The summed E-state index contributed by atoms with van der Waals surface area (Å²) >= 11 is 0. The number of fused-ring (bicyclic) bond motifs is 2. The molecular weight excluding hydrogens is 437 g/mol. The van der Waals surface area contributed by atoms with Gasteiger partial charge in [-0.1, -0.05) is 19.3 Å². The zero-order valence-electron chi connectivity index (χ0n) is 18.9. The van der Waals surface area contributed by atoms with Gasteiger partial charge in [0.15, 0.2) is 11.2 Å². The molecule has 3 fully saturated rings. The van der Waals surface area contributed by atoms with Gasteiger partial charge in [0.05, 0.1) is 6.42 Å². The highest BCUT2D eigenvalue weighted by atomic mass is 19.4. The van der Waals surface area contributed by atoms with Crippen molar-refractivity contribution in [3.8, 4) is 0 Å². The first-order valence-corrected chi connectivity index (χ1v) is 12.0. The number of imidazole rings is 1. The fraction of sp³-hybridized carbons (Fsp3) is 0.773. The summed E-state index contributed by atoms with van der Waals surface area (Å²) < 4.78 is 43.6. The average Bonchev–Trinajstić information content (AvgIpc) is 3.48. The summed E-state index contributed by atoms with van der Waals surface area (Å²) in [6.45, 7) is 2.19. The van der Waals surface area contributed by atoms with Crippen molar-refractivity contribution in [2.45, 2.75) is 70.3 Å². The first kappa shape index (κ1) is 22.5. The monoisotopic (exact) mass is 468 g/mol. The fourth-order valence-corrected chi connectivity index (χ4v) is 5.92. The number of halogens is 3. The molecule has 0 spiro atoms. The van der Waals surface area contributed by atoms with Crippen LogP contribution in [0.2, 0.25) is 0 Å². The maximum absolute atomic E-state index is 13.6. The fourth-order valence-electron chi connectivity index (χ4n) is 5.92. The van der Waals surface area contributed by atoms with Gasteiger partial charge in [0.1, 0.15) is 0 Å². The topological polar surface area (TPSA) is 77.1 Å². The van der Waals surface area contributed by atoms with Crippen LogP contribution in [0.3, 0.4) is 0 Å². The Morgan fingerprint density at radius 2 is 1.82 bits per heavy atom. The summed E-state index contributed by atoms with van der Waals surface area (Å²) in [4.78, 5) is 33.3. The Morgan fingerprint density at radius 1 is 1.06 bits per heavy atom. The first-order valence-electron chi connectivity index (χ1n) is 12.0. The number of hydrogen-bond acceptors (Lipinski definition) is 5. The van der Waals surface area contributed by atoms with Crippen LogP contribution in [0.15, 0.2) is 9.59 Å². The van der Waals surface area contributed by atoms with Gasteiger partial charge in [-0.05, 0) is 31.1 Å². The SMILES string of the molecule is Cn1c(=O)n(CC2CCCCC2)c(=O)c2c1nc(N1CCC3CNCC31)n2CCC(F)(F)F. The Bertz CT molecular complexity index is 1140. The van der Waals surface area contributed by atoms with Crippen LogP contribution >= 0.6 is 0 Å². The van der Waals surface area contributed by atoms with Gasteiger partial charge in [0.25, 0.3) is 5.56 Å². The number of aromatic nitrogens is 4. The number of nitrogens with zero attached hydrogens (tertiary/aromatic N) is 5. The van der Waals surface area contributed by atoms with Crippen molar-refractivity contribution in [3.63, 3.8) is 0 Å². The van der Waals surface area contributed by atoms with Crippen LogP contribution in [-0.4, -0.2) is 50.5 Å². The second-order valence-corrected chi connectivity index (χ2v) is 9.83. The number of rotatable bonds is 5. The van der Waals surface area contributed by atoms with Crippen LogP contribution in [0, 0.1) is 11.8 Å². The molecule has 1 saturated carbocycles. The lowest BCUT2D eigenvalue weighted by atomic mass is 9.89. The Kier molecular flexibility index (Phi) is 5.78. The Labute approximate surface area is 189 Å². The number of alkyl halides is 3. The average molecular weight is 469 g/mol. The molecule has 0 radical (unpaired) electrons. The molecule has 1 N–H and O–H groups in total. The summed E-state index contributed by atoms with van der Waals surface area (Å²) in [6, 6.07) is 0.132. The third kappa shape index (κ3) is 4.08. The molecule has 5 rings (SSSR count). The molecule has 8 nitrogen and oxygen atoms in total. The molecule has 2 saturated heterocycles. The lowest BCUT2D eigenvalue weighted by molar-refractivity contribution is -0.136. The molecule has 0 amide bonds. The quantitative estimate of drug-likeness (QED) is 0.728. The van der Waals surface area contributed by atoms with Crippen LogP contribution in [0.25, 0.3) is 11.2 Å². The first-order chi connectivity index (χ1) is 15.7. The standard InChI is InChI=1S/C22H31F3N6O2/c1-28-18-17(19(32)31(21(28)33)13-14-5-3-2-4-6-14)30(10-8-22(23,24)25)20(27-18)29-9-7-15-11-26-12-16(15)29/h14-16,26H,2-13H2,1H3. The summed E-state index contributed by atoms with van der Waals surface area (Å²) in [6.07, 6.45) is 0.705. The van der Waals surface area contributed by atoms with Gasteiger partial charge in [-0.25, -0.2) is 4.79 Å². The Hall–Kier alpha value is -2.30. The van der Waals surface area contributed by atoms with Crippen molar-refractivity contribution in [3.05, 3.63) is 20.8 Å². The molecule has 0 bridgehead atoms. The van der Waals surface area contributed by atoms with Crippen LogP contribution in [-0.2, 0) is 20.1 Å². The molecule has 2 aromatic heterocycles. The summed E-state index contributed by atoms with van der Waals surface area (Å²) in [5.41, 5.74) is -0.718. The Balaban J connectivity index is 1.64. The molecule has 4 heterocycles. The van der Waals surface area contributed by atoms with Gasteiger partial charge in [-0.15, -0.1) is 0 Å². The molecule has 11 heteroatoms. The van der Waals surface area contributed by atoms with E-state index < -0.39 is 30.4 Å². The lowest BCUT2D eigenvalue weighted by Gasteiger charge is -2.25. The minimum atomic E-state index is -4.36. The van der Waals surface area contributed by atoms with Gasteiger partial charge in [-0.3, -0.25) is 13.9 Å². The highest BCUT2D eigenvalue weighted by Gasteiger charge is 2.40. The van der Waals surface area contributed by atoms with Crippen LogP contribution < -0.4 is 21.5 Å². The highest BCUT2D eigenvalue weighted by Crippen LogP contribution is 2.34. The van der Waals surface area contributed by atoms with E-state index in [0.717, 1.165) is 51.6 Å². The van der Waals surface area contributed by atoms with E-state index in [2.05, 4.69) is 10.3 Å². The minimum absolute atomic E-state index is 0.0987. The van der Waals surface area contributed by atoms with Crippen LogP contribution in [0.5, 0.6) is 0 Å². The van der Waals surface area contributed by atoms with Gasteiger partial charge in [0, 0.05) is 45.8 Å². The molecule has 2 atom stereocenters. The lowest BCUT2D eigenvalue weighted by Crippen LogP contribution is -2.41. The molecule has 3 aliphatic rings. The molecule has 0 aromatic carbocycles. The summed E-state index contributed by atoms with van der Waals surface area (Å²) in [7, 11) is 1.55. The smallest absolute Gasteiger partial charge is 0.338 e. The van der Waals surface area contributed by atoms with Gasteiger partial charge < -0.3 is 14.8 Å². The summed E-state index contributed by atoms with van der Waals surface area (Å²) in [5, 5.41) is 3.34. The number of hydrogen-bond donors (Lipinski definition) is 1. The van der Waals surface area contributed by atoms with Crippen molar-refractivity contribution >= 4 is 17.1 Å². The molecule has 2 unspecified atom stereocenters. The van der Waals surface area contributed by atoms with E-state index in [4.69, 9.17) is 0 Å². The van der Waals surface area contributed by atoms with Gasteiger partial charge >= 0.3 is 11.9 Å². The third-order valence-corrected chi connectivity index (χ3v) is 7.70. The van der Waals surface area contributed by atoms with Crippen molar-refractivity contribution < 1.29 is 13.2 Å². The molecule has 33 heavy (non-hydrogen) atoms. The van der Waals surface area contributed by atoms with Crippen molar-refractivity contribution in [2.75, 3.05) is 24.5 Å². The third-order valence-electron chi connectivity index (χ3n) is 7.70. The van der Waals surface area contributed by atoms with E-state index in [0.29, 0.717) is 25.0 Å². The maximum Gasteiger partial charge on any atom is 0.390 e. The largest absolute Gasteiger partial charge is 0.390 e. The molecule has 2 aromatic rings. The normalized spacial score (nSPS) is 24.2. The summed E-state index contributed by atoms with van der Waals surface area (Å²) in [5.74, 6) is 1.01. The molecular formula is C22H31F3N6O2. The molecule has 1 aliphatic carbocycles. The highest BCUT2D eigenvalue weighted by molar-refractivity contribution is 5.75. The van der Waals surface area contributed by atoms with E-state index in [1.165, 1.54) is 13.7 Å². The number of aryl methyl sites for hydroxylation is 2. The number of anilines is 1. The van der Waals surface area contributed by atoms with Crippen molar-refractivity contribution in [1.82, 2.24) is 24.0 Å². The second kappa shape index (κ2) is 8.48. The van der Waals surface area contributed by atoms with Gasteiger partial charge in [0.2, 0.25) is 5.95 Å². The maximum atomic E-state index is 13.6. The van der Waals surface area contributed by atoms with E-state index in [-0.39, 0.29) is 23.1 Å². The van der Waals surface area contributed by atoms with E-state index >= 15 is 0 Å².